The summed E-state index contributed by atoms with van der Waals surface area (Å²) in [5, 5.41) is 11.3. The van der Waals surface area contributed by atoms with Crippen molar-refractivity contribution < 1.29 is 9.72 Å². The molecule has 21 heavy (non-hydrogen) atoms. The molecule has 1 aliphatic carbocycles. The van der Waals surface area contributed by atoms with Gasteiger partial charge in [-0.15, -0.1) is 0 Å². The smallest absolute Gasteiger partial charge is 0.269 e. The first-order valence-corrected chi connectivity index (χ1v) is 6.98. The lowest BCUT2D eigenvalue weighted by Gasteiger charge is -2.02. The van der Waals surface area contributed by atoms with Crippen LogP contribution < -0.4 is 0 Å². The predicted molar refractivity (Wildman–Crippen MR) is 79.7 cm³/mol. The lowest BCUT2D eigenvalue weighted by molar-refractivity contribution is -0.384. The number of halogens is 1. The highest BCUT2D eigenvalue weighted by Crippen LogP contribution is 2.49. The Morgan fingerprint density at radius 3 is 2.29 bits per heavy atom. The van der Waals surface area contributed by atoms with Gasteiger partial charge in [0.25, 0.3) is 5.69 Å². The number of benzene rings is 2. The van der Waals surface area contributed by atoms with Crippen molar-refractivity contribution in [2.75, 3.05) is 0 Å². The third-order valence-electron chi connectivity index (χ3n) is 3.79. The van der Waals surface area contributed by atoms with Gasteiger partial charge in [-0.3, -0.25) is 14.9 Å². The molecule has 1 saturated carbocycles. The molecule has 0 N–H and O–H groups in total. The summed E-state index contributed by atoms with van der Waals surface area (Å²) in [7, 11) is 0. The molecule has 0 bridgehead atoms. The number of rotatable bonds is 4. The third kappa shape index (κ3) is 2.81. The highest BCUT2D eigenvalue weighted by Gasteiger charge is 2.43. The molecule has 4 nitrogen and oxygen atoms in total. The van der Waals surface area contributed by atoms with E-state index in [2.05, 4.69) is 0 Å². The highest BCUT2D eigenvalue weighted by atomic mass is 35.5. The lowest BCUT2D eigenvalue weighted by atomic mass is 10.0. The van der Waals surface area contributed by atoms with Crippen LogP contribution >= 0.6 is 11.6 Å². The van der Waals surface area contributed by atoms with E-state index >= 15 is 0 Å². The van der Waals surface area contributed by atoms with Crippen molar-refractivity contribution >= 4 is 23.1 Å². The first-order chi connectivity index (χ1) is 10.1. The number of Topliss-reactive ketones (excluding diaryl/α,β-unsaturated/α-hetero) is 1. The number of nitrogens with zero attached hydrogens (tertiary/aromatic N) is 1. The lowest BCUT2D eigenvalue weighted by Crippen LogP contribution is -2.03. The molecular formula is C16H12ClNO3. The number of hydrogen-bond acceptors (Lipinski definition) is 3. The maximum atomic E-state index is 12.3. The molecule has 3 rings (SSSR count). The molecule has 2 aromatic carbocycles. The van der Waals surface area contributed by atoms with Crippen LogP contribution in [0.4, 0.5) is 5.69 Å². The SMILES string of the molecule is O=C(c1ccc([N+](=O)[O-])cc1)[C@H]1C[C@@H]1c1ccc(Cl)cc1. The highest BCUT2D eigenvalue weighted by molar-refractivity contribution is 6.30. The summed E-state index contributed by atoms with van der Waals surface area (Å²) in [6.07, 6.45) is 0.817. The molecule has 0 saturated heterocycles. The van der Waals surface area contributed by atoms with Crippen molar-refractivity contribution in [2.45, 2.75) is 12.3 Å². The number of carbonyl (C=O) groups is 1. The molecule has 2 aromatic rings. The van der Waals surface area contributed by atoms with Crippen LogP contribution in [0.5, 0.6) is 0 Å². The maximum Gasteiger partial charge on any atom is 0.269 e. The normalized spacial score (nSPS) is 20.0. The number of ketones is 1. The molecule has 0 spiro atoms. The van der Waals surface area contributed by atoms with Crippen LogP contribution in [0.25, 0.3) is 0 Å². The molecular weight excluding hydrogens is 290 g/mol. The van der Waals surface area contributed by atoms with Crippen molar-refractivity contribution in [3.8, 4) is 0 Å². The Morgan fingerprint density at radius 1 is 1.10 bits per heavy atom. The minimum atomic E-state index is -0.470. The molecule has 0 radical (unpaired) electrons. The van der Waals surface area contributed by atoms with Crippen LogP contribution in [0.1, 0.15) is 28.3 Å². The van der Waals surface area contributed by atoms with Crippen LogP contribution in [0.2, 0.25) is 5.02 Å². The summed E-state index contributed by atoms with van der Waals surface area (Å²) in [4.78, 5) is 22.5. The number of nitro groups is 1. The van der Waals surface area contributed by atoms with Crippen molar-refractivity contribution in [3.05, 3.63) is 74.8 Å². The number of non-ortho nitro benzene ring substituents is 1. The van der Waals surface area contributed by atoms with Crippen molar-refractivity contribution in [1.82, 2.24) is 0 Å². The fraction of sp³-hybridized carbons (Fsp3) is 0.188. The summed E-state index contributed by atoms with van der Waals surface area (Å²) in [6, 6.07) is 13.3. The zero-order valence-corrected chi connectivity index (χ0v) is 11.8. The molecule has 0 unspecified atom stereocenters. The van der Waals surface area contributed by atoms with Crippen molar-refractivity contribution in [3.63, 3.8) is 0 Å². The summed E-state index contributed by atoms with van der Waals surface area (Å²) >= 11 is 5.85. The van der Waals surface area contributed by atoms with Crippen LogP contribution in [-0.2, 0) is 0 Å². The Balaban J connectivity index is 1.72. The average Bonchev–Trinajstić information content (AvgIpc) is 3.28. The summed E-state index contributed by atoms with van der Waals surface area (Å²) in [5.41, 5.74) is 1.64. The molecule has 1 fully saturated rings. The number of hydrogen-bond donors (Lipinski definition) is 0. The van der Waals surface area contributed by atoms with Crippen LogP contribution in [0.3, 0.4) is 0 Å². The van der Waals surface area contributed by atoms with Gasteiger partial charge in [-0.2, -0.15) is 0 Å². The van der Waals surface area contributed by atoms with Gasteiger partial charge < -0.3 is 0 Å². The second-order valence-electron chi connectivity index (χ2n) is 5.17. The van der Waals surface area contributed by atoms with Crippen molar-refractivity contribution in [2.24, 2.45) is 5.92 Å². The van der Waals surface area contributed by atoms with E-state index < -0.39 is 4.92 Å². The molecule has 0 amide bonds. The van der Waals surface area contributed by atoms with E-state index in [1.54, 1.807) is 0 Å². The molecule has 0 aliphatic heterocycles. The minimum Gasteiger partial charge on any atom is -0.294 e. The summed E-state index contributed by atoms with van der Waals surface area (Å²) in [6.45, 7) is 0. The average molecular weight is 302 g/mol. The van der Waals surface area contributed by atoms with Gasteiger partial charge in [0.1, 0.15) is 0 Å². The Bertz CT molecular complexity index is 694. The van der Waals surface area contributed by atoms with E-state index in [4.69, 9.17) is 11.6 Å². The predicted octanol–water partition coefficient (Wildman–Crippen LogP) is 4.23. The van der Waals surface area contributed by atoms with Crippen LogP contribution in [-0.4, -0.2) is 10.7 Å². The quantitative estimate of drug-likeness (QED) is 0.482. The topological polar surface area (TPSA) is 60.2 Å². The fourth-order valence-corrected chi connectivity index (χ4v) is 2.65. The fourth-order valence-electron chi connectivity index (χ4n) is 2.52. The zero-order valence-electron chi connectivity index (χ0n) is 11.0. The van der Waals surface area contributed by atoms with Crippen molar-refractivity contribution in [1.29, 1.82) is 0 Å². The van der Waals surface area contributed by atoms with Gasteiger partial charge in [0.05, 0.1) is 4.92 Å². The molecule has 0 heterocycles. The van der Waals surface area contributed by atoms with E-state index in [9.17, 15) is 14.9 Å². The maximum absolute atomic E-state index is 12.3. The Morgan fingerprint density at radius 2 is 1.71 bits per heavy atom. The summed E-state index contributed by atoms with van der Waals surface area (Å²) in [5.74, 6) is 0.238. The van der Waals surface area contributed by atoms with E-state index in [1.807, 2.05) is 24.3 Å². The van der Waals surface area contributed by atoms with Gasteiger partial charge in [0.15, 0.2) is 5.78 Å². The molecule has 2 atom stereocenters. The van der Waals surface area contributed by atoms with Gasteiger partial charge in [0, 0.05) is 28.6 Å². The van der Waals surface area contributed by atoms with E-state index in [1.165, 1.54) is 24.3 Å². The monoisotopic (exact) mass is 301 g/mol. The van der Waals surface area contributed by atoms with Gasteiger partial charge in [0.2, 0.25) is 0 Å². The minimum absolute atomic E-state index is 0.00315. The molecule has 1 aliphatic rings. The second-order valence-corrected chi connectivity index (χ2v) is 5.60. The first kappa shape index (κ1) is 13.8. The molecule has 106 valence electrons. The Labute approximate surface area is 126 Å². The standard InChI is InChI=1S/C16H12ClNO3/c17-12-5-1-10(2-6-12)14-9-15(14)16(19)11-3-7-13(8-4-11)18(20)21/h1-8,14-15H,9H2/t14-,15+/m1/s1. The first-order valence-electron chi connectivity index (χ1n) is 6.60. The van der Waals surface area contributed by atoms with Gasteiger partial charge >= 0.3 is 0 Å². The number of carbonyl (C=O) groups excluding carboxylic acids is 1. The Hall–Kier alpha value is -2.20. The van der Waals surface area contributed by atoms with E-state index in [0.29, 0.717) is 10.6 Å². The molecule has 0 aromatic heterocycles. The van der Waals surface area contributed by atoms with E-state index in [0.717, 1.165) is 12.0 Å². The zero-order chi connectivity index (χ0) is 15.0. The number of nitro benzene ring substituents is 1. The van der Waals surface area contributed by atoms with E-state index in [-0.39, 0.29) is 23.3 Å². The Kier molecular flexibility index (Phi) is 3.47. The second kappa shape index (κ2) is 5.30. The third-order valence-corrected chi connectivity index (χ3v) is 4.04. The van der Waals surface area contributed by atoms with Crippen LogP contribution in [0, 0.1) is 16.0 Å². The summed E-state index contributed by atoms with van der Waals surface area (Å²) < 4.78 is 0. The molecule has 5 heteroatoms. The van der Waals surface area contributed by atoms with Gasteiger partial charge in [-0.25, -0.2) is 0 Å². The van der Waals surface area contributed by atoms with Crippen LogP contribution in [0.15, 0.2) is 48.5 Å². The van der Waals surface area contributed by atoms with Gasteiger partial charge in [-0.1, -0.05) is 23.7 Å². The largest absolute Gasteiger partial charge is 0.294 e. The van der Waals surface area contributed by atoms with Gasteiger partial charge in [-0.05, 0) is 42.2 Å².